The second-order valence-electron chi connectivity index (χ2n) is 6.96. The number of rotatable bonds is 6. The number of amides is 1. The fourth-order valence-corrected chi connectivity index (χ4v) is 3.95. The second-order valence-corrected chi connectivity index (χ2v) is 6.96. The van der Waals surface area contributed by atoms with Crippen molar-refractivity contribution in [3.63, 3.8) is 0 Å². The standard InChI is InChI=1S/C19H28N2O3/c1-23-13-18-12-21(19(22)24-18)17-8-6-16(7-9-17)15-4-2-14(3-5-15)10-11-20/h6-9,14-15,18H,2-5,10-13,20H2,1H3/t14-,15-,18?. The lowest BCUT2D eigenvalue weighted by Gasteiger charge is -2.28. The van der Waals surface area contributed by atoms with Crippen molar-refractivity contribution in [2.75, 3.05) is 31.7 Å². The molecular formula is C19H28N2O3. The first-order valence-corrected chi connectivity index (χ1v) is 8.98. The zero-order chi connectivity index (χ0) is 16.9. The Morgan fingerprint density at radius 2 is 1.92 bits per heavy atom. The van der Waals surface area contributed by atoms with Crippen LogP contribution in [0, 0.1) is 5.92 Å². The molecule has 132 valence electrons. The molecule has 1 amide bonds. The van der Waals surface area contributed by atoms with Crippen molar-refractivity contribution in [3.8, 4) is 0 Å². The molecule has 1 aliphatic heterocycles. The molecule has 24 heavy (non-hydrogen) atoms. The van der Waals surface area contributed by atoms with Crippen LogP contribution in [0.25, 0.3) is 0 Å². The Bertz CT molecular complexity index is 538. The van der Waals surface area contributed by atoms with E-state index in [1.54, 1.807) is 12.0 Å². The second kappa shape index (κ2) is 7.99. The highest BCUT2D eigenvalue weighted by Gasteiger charge is 2.32. The van der Waals surface area contributed by atoms with E-state index < -0.39 is 0 Å². The highest BCUT2D eigenvalue weighted by Crippen LogP contribution is 2.37. The maximum atomic E-state index is 12.0. The van der Waals surface area contributed by atoms with Gasteiger partial charge in [-0.15, -0.1) is 0 Å². The molecular weight excluding hydrogens is 304 g/mol. The number of benzene rings is 1. The maximum absolute atomic E-state index is 12.0. The lowest BCUT2D eigenvalue weighted by atomic mass is 9.77. The van der Waals surface area contributed by atoms with Gasteiger partial charge in [0.1, 0.15) is 6.10 Å². The largest absolute Gasteiger partial charge is 0.441 e. The van der Waals surface area contributed by atoms with Crippen LogP contribution in [-0.2, 0) is 9.47 Å². The summed E-state index contributed by atoms with van der Waals surface area (Å²) >= 11 is 0. The number of carbonyl (C=O) groups excluding carboxylic acids is 1. The molecule has 5 nitrogen and oxygen atoms in total. The molecule has 0 radical (unpaired) electrons. The molecule has 1 aromatic rings. The summed E-state index contributed by atoms with van der Waals surface area (Å²) in [4.78, 5) is 13.7. The topological polar surface area (TPSA) is 64.8 Å². The first kappa shape index (κ1) is 17.2. The first-order valence-electron chi connectivity index (χ1n) is 8.98. The number of anilines is 1. The Balaban J connectivity index is 1.59. The molecule has 1 saturated heterocycles. The third-order valence-electron chi connectivity index (χ3n) is 5.32. The average molecular weight is 332 g/mol. The Kier molecular flexibility index (Phi) is 5.74. The van der Waals surface area contributed by atoms with Crippen molar-refractivity contribution in [2.45, 2.75) is 44.1 Å². The SMILES string of the molecule is COCC1CN(c2ccc([C@H]3CC[C@H](CCN)CC3)cc2)C(=O)O1. The number of methoxy groups -OCH3 is 1. The van der Waals surface area contributed by atoms with Crippen LogP contribution in [0.1, 0.15) is 43.6 Å². The molecule has 0 spiro atoms. The van der Waals surface area contributed by atoms with Gasteiger partial charge in [0.25, 0.3) is 0 Å². The van der Waals surface area contributed by atoms with Crippen LogP contribution in [0.5, 0.6) is 0 Å². The Morgan fingerprint density at radius 1 is 1.21 bits per heavy atom. The summed E-state index contributed by atoms with van der Waals surface area (Å²) in [6, 6.07) is 8.41. The molecule has 1 unspecified atom stereocenters. The fourth-order valence-electron chi connectivity index (χ4n) is 3.95. The molecule has 0 bridgehead atoms. The predicted octanol–water partition coefficient (Wildman–Crippen LogP) is 3.28. The van der Waals surface area contributed by atoms with Gasteiger partial charge in [0.15, 0.2) is 0 Å². The van der Waals surface area contributed by atoms with Crippen molar-refractivity contribution < 1.29 is 14.3 Å². The van der Waals surface area contributed by atoms with Crippen LogP contribution < -0.4 is 10.6 Å². The lowest BCUT2D eigenvalue weighted by Crippen LogP contribution is -2.25. The molecule has 5 heteroatoms. The smallest absolute Gasteiger partial charge is 0.414 e. The summed E-state index contributed by atoms with van der Waals surface area (Å²) in [5, 5.41) is 0. The lowest BCUT2D eigenvalue weighted by molar-refractivity contribution is 0.0718. The first-order chi connectivity index (χ1) is 11.7. The van der Waals surface area contributed by atoms with E-state index in [4.69, 9.17) is 15.2 Å². The van der Waals surface area contributed by atoms with E-state index in [2.05, 4.69) is 12.1 Å². The molecule has 1 saturated carbocycles. The number of cyclic esters (lactones) is 1. The average Bonchev–Trinajstić information content (AvgIpc) is 2.97. The molecule has 2 fully saturated rings. The number of nitrogens with zero attached hydrogens (tertiary/aromatic N) is 1. The summed E-state index contributed by atoms with van der Waals surface area (Å²) in [6.45, 7) is 1.79. The minimum atomic E-state index is -0.285. The van der Waals surface area contributed by atoms with E-state index >= 15 is 0 Å². The van der Waals surface area contributed by atoms with Crippen LogP contribution >= 0.6 is 0 Å². The summed E-state index contributed by atoms with van der Waals surface area (Å²) in [5.41, 5.74) is 7.95. The third kappa shape index (κ3) is 3.90. The van der Waals surface area contributed by atoms with Crippen molar-refractivity contribution in [3.05, 3.63) is 29.8 Å². The highest BCUT2D eigenvalue weighted by molar-refractivity contribution is 5.89. The molecule has 2 N–H and O–H groups in total. The van der Waals surface area contributed by atoms with Crippen molar-refractivity contribution in [1.29, 1.82) is 0 Å². The van der Waals surface area contributed by atoms with E-state index in [0.29, 0.717) is 19.1 Å². The van der Waals surface area contributed by atoms with Gasteiger partial charge >= 0.3 is 6.09 Å². The number of ether oxygens (including phenoxy) is 2. The quantitative estimate of drug-likeness (QED) is 0.868. The number of carbonyl (C=O) groups is 1. The molecule has 2 aliphatic rings. The van der Waals surface area contributed by atoms with Gasteiger partial charge in [-0.3, -0.25) is 4.90 Å². The third-order valence-corrected chi connectivity index (χ3v) is 5.32. The number of hydrogen-bond donors (Lipinski definition) is 1. The predicted molar refractivity (Wildman–Crippen MR) is 94.3 cm³/mol. The molecule has 1 atom stereocenters. The number of nitrogens with two attached hydrogens (primary N) is 1. The highest BCUT2D eigenvalue weighted by atomic mass is 16.6. The molecule has 1 aliphatic carbocycles. The maximum Gasteiger partial charge on any atom is 0.414 e. The van der Waals surface area contributed by atoms with Crippen molar-refractivity contribution in [1.82, 2.24) is 0 Å². The monoisotopic (exact) mass is 332 g/mol. The van der Waals surface area contributed by atoms with Crippen LogP contribution in [0.2, 0.25) is 0 Å². The zero-order valence-electron chi connectivity index (χ0n) is 14.4. The minimum absolute atomic E-state index is 0.181. The van der Waals surface area contributed by atoms with Gasteiger partial charge in [0, 0.05) is 12.8 Å². The van der Waals surface area contributed by atoms with Gasteiger partial charge in [0.05, 0.1) is 13.2 Å². The van der Waals surface area contributed by atoms with Crippen LogP contribution in [0.15, 0.2) is 24.3 Å². The molecule has 0 aromatic heterocycles. The van der Waals surface area contributed by atoms with Crippen molar-refractivity contribution >= 4 is 11.8 Å². The van der Waals surface area contributed by atoms with E-state index in [-0.39, 0.29) is 12.2 Å². The molecule has 3 rings (SSSR count). The van der Waals surface area contributed by atoms with Gasteiger partial charge in [-0.1, -0.05) is 12.1 Å². The zero-order valence-corrected chi connectivity index (χ0v) is 14.4. The van der Waals surface area contributed by atoms with Crippen LogP contribution in [0.3, 0.4) is 0 Å². The Labute approximate surface area is 144 Å². The summed E-state index contributed by atoms with van der Waals surface area (Å²) < 4.78 is 10.4. The van der Waals surface area contributed by atoms with Gasteiger partial charge in [0.2, 0.25) is 0 Å². The summed E-state index contributed by atoms with van der Waals surface area (Å²) in [6.07, 6.45) is 5.73. The van der Waals surface area contributed by atoms with Crippen LogP contribution in [-0.4, -0.2) is 39.0 Å². The van der Waals surface area contributed by atoms with Gasteiger partial charge < -0.3 is 15.2 Å². The van der Waals surface area contributed by atoms with E-state index in [0.717, 1.165) is 24.6 Å². The van der Waals surface area contributed by atoms with Crippen molar-refractivity contribution in [2.24, 2.45) is 11.7 Å². The van der Waals surface area contributed by atoms with Gasteiger partial charge in [-0.2, -0.15) is 0 Å². The van der Waals surface area contributed by atoms with Gasteiger partial charge in [-0.05, 0) is 68.2 Å². The minimum Gasteiger partial charge on any atom is -0.441 e. The summed E-state index contributed by atoms with van der Waals surface area (Å²) in [5.74, 6) is 1.45. The van der Waals surface area contributed by atoms with E-state index in [9.17, 15) is 4.79 Å². The molecule has 1 heterocycles. The summed E-state index contributed by atoms with van der Waals surface area (Å²) in [7, 11) is 1.62. The van der Waals surface area contributed by atoms with E-state index in [1.165, 1.54) is 31.2 Å². The Hall–Kier alpha value is -1.59. The normalized spacial score (nSPS) is 27.3. The van der Waals surface area contributed by atoms with E-state index in [1.807, 2.05) is 12.1 Å². The molecule has 1 aromatic carbocycles. The number of hydrogen-bond acceptors (Lipinski definition) is 4. The van der Waals surface area contributed by atoms with Gasteiger partial charge in [-0.25, -0.2) is 4.79 Å². The van der Waals surface area contributed by atoms with Crippen LogP contribution in [0.4, 0.5) is 10.5 Å². The Morgan fingerprint density at radius 3 is 2.54 bits per heavy atom. The fraction of sp³-hybridized carbons (Fsp3) is 0.632.